The Balaban J connectivity index is 2.49. The fourth-order valence-electron chi connectivity index (χ4n) is 2.24. The van der Waals surface area contributed by atoms with Gasteiger partial charge in [0.15, 0.2) is 0 Å². The van der Waals surface area contributed by atoms with Gasteiger partial charge < -0.3 is 5.11 Å². The highest BCUT2D eigenvalue weighted by Crippen LogP contribution is 2.34. The van der Waals surface area contributed by atoms with Crippen LogP contribution in [0.15, 0.2) is 29.2 Å². The third-order valence-corrected chi connectivity index (χ3v) is 6.84. The maximum atomic E-state index is 12.7. The molecule has 0 aliphatic heterocycles. The van der Waals surface area contributed by atoms with Crippen molar-refractivity contribution in [1.82, 2.24) is 4.72 Å². The van der Waals surface area contributed by atoms with Gasteiger partial charge in [-0.15, -0.1) is 11.3 Å². The normalized spacial score (nSPS) is 15.2. The zero-order valence-corrected chi connectivity index (χ0v) is 14.1. The second kappa shape index (κ2) is 6.44. The number of rotatable bonds is 6. The van der Waals surface area contributed by atoms with Crippen LogP contribution in [0.5, 0.6) is 0 Å². The van der Waals surface area contributed by atoms with E-state index in [2.05, 4.69) is 4.72 Å². The van der Waals surface area contributed by atoms with E-state index >= 15 is 0 Å². The van der Waals surface area contributed by atoms with E-state index < -0.39 is 10.0 Å². The van der Waals surface area contributed by atoms with Gasteiger partial charge in [0.1, 0.15) is 4.90 Å². The summed E-state index contributed by atoms with van der Waals surface area (Å²) in [4.78, 5) is 0.709. The summed E-state index contributed by atoms with van der Waals surface area (Å²) in [5, 5.41) is 10.2. The first-order valence-corrected chi connectivity index (χ1v) is 9.34. The molecule has 2 rings (SSSR count). The first kappa shape index (κ1) is 16.4. The second-order valence-electron chi connectivity index (χ2n) is 5.30. The number of hydrogen-bond donors (Lipinski definition) is 2. The molecule has 0 spiro atoms. The van der Waals surface area contributed by atoms with Gasteiger partial charge in [0, 0.05) is 16.1 Å². The Kier molecular flexibility index (Phi) is 5.03. The number of hydrogen-bond acceptors (Lipinski definition) is 4. The molecule has 4 nitrogen and oxygen atoms in total. The minimum Gasteiger partial charge on any atom is -0.391 e. The summed E-state index contributed by atoms with van der Waals surface area (Å²) in [6.07, 6.45) is 0.904. The molecule has 2 unspecified atom stereocenters. The Morgan fingerprint density at radius 2 is 1.95 bits per heavy atom. The van der Waals surface area contributed by atoms with Crippen LogP contribution in [-0.2, 0) is 16.6 Å². The third-order valence-electron chi connectivity index (χ3n) is 3.87. The molecule has 0 aliphatic rings. The molecule has 2 N–H and O–H groups in total. The van der Waals surface area contributed by atoms with E-state index in [-0.39, 0.29) is 23.5 Å². The molecule has 2 aromatic rings. The van der Waals surface area contributed by atoms with Crippen molar-refractivity contribution < 1.29 is 13.5 Å². The highest BCUT2D eigenvalue weighted by atomic mass is 32.2. The first-order valence-electron chi connectivity index (χ1n) is 7.04. The van der Waals surface area contributed by atoms with Crippen molar-refractivity contribution >= 4 is 31.4 Å². The molecule has 0 saturated carbocycles. The number of benzene rings is 1. The summed E-state index contributed by atoms with van der Waals surface area (Å²) in [6, 6.07) is 7.19. The SMILES string of the molecule is CCC(C)C(C)NS(=O)(=O)c1c(CO)sc2ccccc12. The molecule has 0 fully saturated rings. The minimum absolute atomic E-state index is 0.148. The van der Waals surface area contributed by atoms with Crippen molar-refractivity contribution in [2.24, 2.45) is 5.92 Å². The first-order chi connectivity index (χ1) is 9.90. The molecular formula is C15H21NO3S2. The molecule has 6 heteroatoms. The lowest BCUT2D eigenvalue weighted by molar-refractivity contribution is 0.282. The quantitative estimate of drug-likeness (QED) is 0.857. The molecule has 1 aromatic carbocycles. The van der Waals surface area contributed by atoms with Crippen LogP contribution in [0.4, 0.5) is 0 Å². The maximum absolute atomic E-state index is 12.7. The van der Waals surface area contributed by atoms with Crippen molar-refractivity contribution in [2.75, 3.05) is 0 Å². The average Bonchev–Trinajstić information content (AvgIpc) is 2.85. The van der Waals surface area contributed by atoms with E-state index in [9.17, 15) is 13.5 Å². The fraction of sp³-hybridized carbons (Fsp3) is 0.467. The molecular weight excluding hydrogens is 306 g/mol. The van der Waals surface area contributed by atoms with Gasteiger partial charge >= 0.3 is 0 Å². The molecule has 2 atom stereocenters. The van der Waals surface area contributed by atoms with Crippen LogP contribution < -0.4 is 4.72 Å². The van der Waals surface area contributed by atoms with Gasteiger partial charge in [0.25, 0.3) is 0 Å². The average molecular weight is 327 g/mol. The zero-order chi connectivity index (χ0) is 15.6. The summed E-state index contributed by atoms with van der Waals surface area (Å²) in [6.45, 7) is 5.66. The second-order valence-corrected chi connectivity index (χ2v) is 8.09. The smallest absolute Gasteiger partial charge is 0.242 e. The molecule has 1 aromatic heterocycles. The topological polar surface area (TPSA) is 66.4 Å². The van der Waals surface area contributed by atoms with Crippen LogP contribution in [0.2, 0.25) is 0 Å². The van der Waals surface area contributed by atoms with Gasteiger partial charge in [0.05, 0.1) is 11.5 Å². The highest BCUT2D eigenvalue weighted by Gasteiger charge is 2.26. The number of nitrogens with one attached hydrogen (secondary N) is 1. The summed E-state index contributed by atoms with van der Waals surface area (Å²) in [7, 11) is -3.64. The fourth-order valence-corrected chi connectivity index (χ4v) is 5.39. The van der Waals surface area contributed by atoms with Crippen LogP contribution in [0.1, 0.15) is 32.1 Å². The summed E-state index contributed by atoms with van der Waals surface area (Å²) in [5.74, 6) is 0.252. The molecule has 0 saturated heterocycles. The van der Waals surface area contributed by atoms with E-state index in [0.717, 1.165) is 11.1 Å². The van der Waals surface area contributed by atoms with Crippen molar-refractivity contribution in [2.45, 2.75) is 44.7 Å². The molecule has 1 heterocycles. The summed E-state index contributed by atoms with van der Waals surface area (Å²) in [5.41, 5.74) is 0. The molecule has 21 heavy (non-hydrogen) atoms. The number of thiophene rings is 1. The van der Waals surface area contributed by atoms with E-state index in [1.807, 2.05) is 39.0 Å². The summed E-state index contributed by atoms with van der Waals surface area (Å²) >= 11 is 1.32. The molecule has 116 valence electrons. The summed E-state index contributed by atoms with van der Waals surface area (Å²) < 4.78 is 29.0. The number of aliphatic hydroxyl groups is 1. The molecule has 0 aliphatic carbocycles. The van der Waals surface area contributed by atoms with Crippen molar-refractivity contribution in [3.05, 3.63) is 29.1 Å². The standard InChI is InChI=1S/C15H21NO3S2/c1-4-10(2)11(3)16-21(18,19)15-12-7-5-6-8-13(12)20-14(15)9-17/h5-8,10-11,16-17H,4,9H2,1-3H3. The number of aliphatic hydroxyl groups excluding tert-OH is 1. The van der Waals surface area contributed by atoms with Gasteiger partial charge in [0.2, 0.25) is 10.0 Å². The predicted molar refractivity (Wildman–Crippen MR) is 87.0 cm³/mol. The van der Waals surface area contributed by atoms with Crippen LogP contribution >= 0.6 is 11.3 Å². The third kappa shape index (κ3) is 3.29. The monoisotopic (exact) mass is 327 g/mol. The Bertz CT molecular complexity index is 722. The molecule has 0 amide bonds. The van der Waals surface area contributed by atoms with Gasteiger partial charge in [-0.3, -0.25) is 0 Å². The van der Waals surface area contributed by atoms with E-state index in [1.54, 1.807) is 6.07 Å². The molecule has 0 bridgehead atoms. The number of sulfonamides is 1. The zero-order valence-electron chi connectivity index (χ0n) is 12.5. The van der Waals surface area contributed by atoms with Crippen molar-refractivity contribution in [1.29, 1.82) is 0 Å². The number of fused-ring (bicyclic) bond motifs is 1. The van der Waals surface area contributed by atoms with Gasteiger partial charge in [-0.1, -0.05) is 38.5 Å². The Morgan fingerprint density at radius 1 is 1.29 bits per heavy atom. The van der Waals surface area contributed by atoms with Crippen molar-refractivity contribution in [3.8, 4) is 0 Å². The van der Waals surface area contributed by atoms with Crippen LogP contribution in [0.25, 0.3) is 10.1 Å². The highest BCUT2D eigenvalue weighted by molar-refractivity contribution is 7.90. The minimum atomic E-state index is -3.64. The van der Waals surface area contributed by atoms with E-state index in [4.69, 9.17) is 0 Å². The Morgan fingerprint density at radius 3 is 2.57 bits per heavy atom. The predicted octanol–water partition coefficient (Wildman–Crippen LogP) is 3.11. The Hall–Kier alpha value is -0.950. The van der Waals surface area contributed by atoms with Crippen LogP contribution in [-0.4, -0.2) is 19.6 Å². The lowest BCUT2D eigenvalue weighted by Gasteiger charge is -2.20. The maximum Gasteiger partial charge on any atom is 0.242 e. The Labute approximate surface area is 129 Å². The lowest BCUT2D eigenvalue weighted by atomic mass is 10.0. The van der Waals surface area contributed by atoms with Gasteiger partial charge in [-0.25, -0.2) is 13.1 Å². The van der Waals surface area contributed by atoms with Crippen molar-refractivity contribution in [3.63, 3.8) is 0 Å². The van der Waals surface area contributed by atoms with Gasteiger partial charge in [-0.05, 0) is 18.9 Å². The largest absolute Gasteiger partial charge is 0.391 e. The van der Waals surface area contributed by atoms with Crippen LogP contribution in [0.3, 0.4) is 0 Å². The van der Waals surface area contributed by atoms with Gasteiger partial charge in [-0.2, -0.15) is 0 Å². The van der Waals surface area contributed by atoms with Crippen LogP contribution in [0, 0.1) is 5.92 Å². The van der Waals surface area contributed by atoms with E-state index in [0.29, 0.717) is 10.3 Å². The molecule has 0 radical (unpaired) electrons. The lowest BCUT2D eigenvalue weighted by Crippen LogP contribution is -2.37. The van der Waals surface area contributed by atoms with E-state index in [1.165, 1.54) is 11.3 Å².